The zero-order valence-corrected chi connectivity index (χ0v) is 13.9. The predicted octanol–water partition coefficient (Wildman–Crippen LogP) is 2.52. The van der Waals surface area contributed by atoms with Crippen LogP contribution in [0, 0.1) is 19.3 Å². The molecule has 0 aromatic heterocycles. The molecule has 0 bridgehead atoms. The highest BCUT2D eigenvalue weighted by Gasteiger charge is 2.32. The summed E-state index contributed by atoms with van der Waals surface area (Å²) < 4.78 is 5.74. The lowest BCUT2D eigenvalue weighted by Gasteiger charge is -2.30. The predicted molar refractivity (Wildman–Crippen MR) is 86.5 cm³/mol. The molecule has 1 amide bonds. The van der Waals surface area contributed by atoms with Crippen molar-refractivity contribution >= 4 is 5.91 Å². The molecule has 0 aliphatic carbocycles. The maximum atomic E-state index is 12.4. The van der Waals surface area contributed by atoms with Crippen molar-refractivity contribution in [2.45, 2.75) is 34.1 Å². The first kappa shape index (κ1) is 17.5. The van der Waals surface area contributed by atoms with Crippen molar-refractivity contribution in [3.8, 4) is 5.75 Å². The molecule has 118 valence electrons. The Morgan fingerprint density at radius 2 is 1.86 bits per heavy atom. The van der Waals surface area contributed by atoms with Crippen LogP contribution < -0.4 is 10.5 Å². The van der Waals surface area contributed by atoms with Crippen molar-refractivity contribution in [3.63, 3.8) is 0 Å². The Morgan fingerprint density at radius 3 is 2.33 bits per heavy atom. The van der Waals surface area contributed by atoms with Gasteiger partial charge in [-0.25, -0.2) is 0 Å². The Balaban J connectivity index is 2.53. The number of rotatable bonds is 7. The van der Waals surface area contributed by atoms with Crippen molar-refractivity contribution in [3.05, 3.63) is 29.3 Å². The van der Waals surface area contributed by atoms with Crippen molar-refractivity contribution in [2.75, 3.05) is 26.7 Å². The van der Waals surface area contributed by atoms with E-state index in [1.165, 1.54) is 11.1 Å². The first-order valence-corrected chi connectivity index (χ1v) is 7.49. The minimum absolute atomic E-state index is 0.0801. The quantitative estimate of drug-likeness (QED) is 0.840. The minimum Gasteiger partial charge on any atom is -0.492 e. The van der Waals surface area contributed by atoms with E-state index in [9.17, 15) is 4.79 Å². The maximum Gasteiger partial charge on any atom is 0.229 e. The molecule has 0 saturated carbocycles. The topological polar surface area (TPSA) is 55.6 Å². The third-order valence-electron chi connectivity index (χ3n) is 3.98. The zero-order chi connectivity index (χ0) is 16.0. The fourth-order valence-electron chi connectivity index (χ4n) is 2.26. The molecule has 1 unspecified atom stereocenters. The van der Waals surface area contributed by atoms with E-state index in [1.807, 2.05) is 39.8 Å². The van der Waals surface area contributed by atoms with E-state index in [2.05, 4.69) is 6.07 Å². The maximum absolute atomic E-state index is 12.4. The fourth-order valence-corrected chi connectivity index (χ4v) is 2.26. The van der Waals surface area contributed by atoms with Gasteiger partial charge in [0.25, 0.3) is 0 Å². The van der Waals surface area contributed by atoms with Crippen LogP contribution in [0.4, 0.5) is 0 Å². The van der Waals surface area contributed by atoms with Gasteiger partial charge in [0.2, 0.25) is 5.91 Å². The van der Waals surface area contributed by atoms with Crippen LogP contribution in [-0.2, 0) is 4.79 Å². The average Bonchev–Trinajstić information content (AvgIpc) is 2.44. The number of hydrogen-bond acceptors (Lipinski definition) is 3. The molecule has 0 fully saturated rings. The number of carbonyl (C=O) groups excluding carboxylic acids is 1. The van der Waals surface area contributed by atoms with Crippen LogP contribution in [-0.4, -0.2) is 37.6 Å². The van der Waals surface area contributed by atoms with E-state index in [4.69, 9.17) is 10.5 Å². The van der Waals surface area contributed by atoms with E-state index in [0.29, 0.717) is 19.7 Å². The Kier molecular flexibility index (Phi) is 6.21. The van der Waals surface area contributed by atoms with Gasteiger partial charge >= 0.3 is 0 Å². The molecule has 0 aliphatic rings. The second-order valence-corrected chi connectivity index (χ2v) is 6.02. The zero-order valence-electron chi connectivity index (χ0n) is 13.9. The molecule has 21 heavy (non-hydrogen) atoms. The Bertz CT molecular complexity index is 461. The molecule has 4 nitrogen and oxygen atoms in total. The standard InChI is InChI=1S/C17H28N2O2/c1-6-17(4,12-18)16(20)19(5)7-8-21-15-10-13(2)9-14(3)11-15/h9-11H,6-8,12,18H2,1-5H3. The van der Waals surface area contributed by atoms with Gasteiger partial charge in [-0.05, 0) is 50.5 Å². The van der Waals surface area contributed by atoms with Crippen molar-refractivity contribution in [1.82, 2.24) is 4.90 Å². The molecule has 0 heterocycles. The molecular formula is C17H28N2O2. The monoisotopic (exact) mass is 292 g/mol. The molecule has 0 radical (unpaired) electrons. The number of carbonyl (C=O) groups is 1. The number of nitrogens with two attached hydrogens (primary N) is 1. The number of amides is 1. The van der Waals surface area contributed by atoms with E-state index in [1.54, 1.807) is 11.9 Å². The van der Waals surface area contributed by atoms with Gasteiger partial charge in [0.05, 0.1) is 12.0 Å². The number of ether oxygens (including phenoxy) is 1. The number of benzene rings is 1. The first-order valence-electron chi connectivity index (χ1n) is 7.49. The molecule has 1 aromatic rings. The van der Waals surface area contributed by atoms with Crippen LogP contribution in [0.1, 0.15) is 31.4 Å². The number of hydrogen-bond donors (Lipinski definition) is 1. The van der Waals surface area contributed by atoms with Gasteiger partial charge < -0.3 is 15.4 Å². The van der Waals surface area contributed by atoms with Crippen LogP contribution in [0.2, 0.25) is 0 Å². The SMILES string of the molecule is CCC(C)(CN)C(=O)N(C)CCOc1cc(C)cc(C)c1. The highest BCUT2D eigenvalue weighted by Crippen LogP contribution is 2.22. The normalized spacial score (nSPS) is 13.6. The Morgan fingerprint density at radius 1 is 1.29 bits per heavy atom. The van der Waals surface area contributed by atoms with E-state index < -0.39 is 5.41 Å². The van der Waals surface area contributed by atoms with Crippen molar-refractivity contribution in [2.24, 2.45) is 11.1 Å². The summed E-state index contributed by atoms with van der Waals surface area (Å²) in [6.07, 6.45) is 0.741. The second kappa shape index (κ2) is 7.46. The minimum atomic E-state index is -0.478. The molecule has 1 aromatic carbocycles. The molecule has 2 N–H and O–H groups in total. The first-order chi connectivity index (χ1) is 9.82. The highest BCUT2D eigenvalue weighted by atomic mass is 16.5. The van der Waals surface area contributed by atoms with Gasteiger partial charge in [0.1, 0.15) is 12.4 Å². The molecule has 1 atom stereocenters. The lowest BCUT2D eigenvalue weighted by Crippen LogP contribution is -2.45. The summed E-state index contributed by atoms with van der Waals surface area (Å²) in [6, 6.07) is 6.12. The summed E-state index contributed by atoms with van der Waals surface area (Å²) in [5.74, 6) is 0.932. The summed E-state index contributed by atoms with van der Waals surface area (Å²) in [5, 5.41) is 0. The summed E-state index contributed by atoms with van der Waals surface area (Å²) in [6.45, 7) is 9.40. The van der Waals surface area contributed by atoms with E-state index in [0.717, 1.165) is 12.2 Å². The Hall–Kier alpha value is -1.55. The largest absolute Gasteiger partial charge is 0.492 e. The van der Waals surface area contributed by atoms with Crippen LogP contribution in [0.25, 0.3) is 0 Å². The number of likely N-dealkylation sites (N-methyl/N-ethyl adjacent to an activating group) is 1. The lowest BCUT2D eigenvalue weighted by molar-refractivity contribution is -0.139. The average molecular weight is 292 g/mol. The highest BCUT2D eigenvalue weighted by molar-refractivity contribution is 5.82. The third-order valence-corrected chi connectivity index (χ3v) is 3.98. The van der Waals surface area contributed by atoms with E-state index >= 15 is 0 Å². The third kappa shape index (κ3) is 4.74. The molecule has 1 rings (SSSR count). The van der Waals surface area contributed by atoms with Crippen LogP contribution in [0.5, 0.6) is 5.75 Å². The van der Waals surface area contributed by atoms with Crippen molar-refractivity contribution < 1.29 is 9.53 Å². The van der Waals surface area contributed by atoms with Crippen LogP contribution in [0.15, 0.2) is 18.2 Å². The van der Waals surface area contributed by atoms with Gasteiger partial charge in [0.15, 0.2) is 0 Å². The molecule has 0 aliphatic heterocycles. The summed E-state index contributed by atoms with van der Waals surface area (Å²) in [7, 11) is 1.80. The fraction of sp³-hybridized carbons (Fsp3) is 0.588. The van der Waals surface area contributed by atoms with Gasteiger partial charge in [-0.1, -0.05) is 13.0 Å². The number of nitrogens with zero attached hydrogens (tertiary/aromatic N) is 1. The summed E-state index contributed by atoms with van der Waals surface area (Å²) in [5.41, 5.74) is 7.61. The number of aryl methyl sites for hydroxylation is 2. The smallest absolute Gasteiger partial charge is 0.229 e. The van der Waals surface area contributed by atoms with Crippen LogP contribution >= 0.6 is 0 Å². The Labute approximate surface area is 128 Å². The van der Waals surface area contributed by atoms with Gasteiger partial charge in [-0.15, -0.1) is 0 Å². The van der Waals surface area contributed by atoms with Gasteiger partial charge in [-0.2, -0.15) is 0 Å². The van der Waals surface area contributed by atoms with E-state index in [-0.39, 0.29) is 5.91 Å². The second-order valence-electron chi connectivity index (χ2n) is 6.02. The van der Waals surface area contributed by atoms with Crippen LogP contribution in [0.3, 0.4) is 0 Å². The lowest BCUT2D eigenvalue weighted by atomic mass is 9.86. The molecule has 0 saturated heterocycles. The van der Waals surface area contributed by atoms with Crippen molar-refractivity contribution in [1.29, 1.82) is 0 Å². The summed E-state index contributed by atoms with van der Waals surface area (Å²) >= 11 is 0. The molecular weight excluding hydrogens is 264 g/mol. The molecule has 0 spiro atoms. The summed E-state index contributed by atoms with van der Waals surface area (Å²) in [4.78, 5) is 14.1. The van der Waals surface area contributed by atoms with Gasteiger partial charge in [-0.3, -0.25) is 4.79 Å². The van der Waals surface area contributed by atoms with Gasteiger partial charge in [0, 0.05) is 13.6 Å². The molecule has 4 heteroatoms.